The first-order valence-corrected chi connectivity index (χ1v) is 10.4. The number of halogens is 4. The molecule has 1 aliphatic heterocycles. The third-order valence-corrected chi connectivity index (χ3v) is 5.27. The Morgan fingerprint density at radius 3 is 2.41 bits per heavy atom. The highest BCUT2D eigenvalue weighted by Gasteiger charge is 2.30. The van der Waals surface area contributed by atoms with E-state index in [1.165, 1.54) is 29.2 Å². The summed E-state index contributed by atoms with van der Waals surface area (Å²) in [5.41, 5.74) is 1.81. The SMILES string of the molecule is O=CN1CCc2cc(OC(F)F)ccc2[C@H]1c1cc(Cl)c(OP(=O)(O)O)c(Cl)c1. The largest absolute Gasteiger partial charge is 0.524 e. The maximum Gasteiger partial charge on any atom is 0.524 e. The molecule has 0 saturated carbocycles. The molecule has 2 aromatic rings. The van der Waals surface area contributed by atoms with Crippen molar-refractivity contribution >= 4 is 37.4 Å². The zero-order chi connectivity index (χ0) is 21.3. The van der Waals surface area contributed by atoms with Crippen LogP contribution in [0.5, 0.6) is 11.5 Å². The zero-order valence-corrected chi connectivity index (χ0v) is 16.9. The molecule has 2 aromatic carbocycles. The van der Waals surface area contributed by atoms with Crippen molar-refractivity contribution < 1.29 is 37.2 Å². The van der Waals surface area contributed by atoms with Gasteiger partial charge in [0.1, 0.15) is 5.75 Å². The van der Waals surface area contributed by atoms with Gasteiger partial charge in [-0.25, -0.2) is 4.57 Å². The van der Waals surface area contributed by atoms with Crippen LogP contribution < -0.4 is 9.26 Å². The number of hydrogen-bond donors (Lipinski definition) is 2. The summed E-state index contributed by atoms with van der Waals surface area (Å²) in [7, 11) is -4.89. The van der Waals surface area contributed by atoms with Gasteiger partial charge in [-0.3, -0.25) is 14.6 Å². The maximum absolute atomic E-state index is 12.5. The van der Waals surface area contributed by atoms with Crippen LogP contribution in [0.25, 0.3) is 0 Å². The molecule has 0 fully saturated rings. The molecule has 0 spiro atoms. The molecular formula is C17H14Cl2F2NO6P. The second kappa shape index (κ2) is 8.45. The van der Waals surface area contributed by atoms with Crippen LogP contribution in [0.15, 0.2) is 30.3 Å². The molecule has 12 heteroatoms. The lowest BCUT2D eigenvalue weighted by Gasteiger charge is -2.35. The van der Waals surface area contributed by atoms with E-state index in [9.17, 15) is 18.1 Å². The van der Waals surface area contributed by atoms with Crippen molar-refractivity contribution in [3.8, 4) is 11.5 Å². The lowest BCUT2D eigenvalue weighted by atomic mass is 9.88. The third-order valence-electron chi connectivity index (χ3n) is 4.29. The number of fused-ring (bicyclic) bond motifs is 1. The molecule has 1 atom stereocenters. The van der Waals surface area contributed by atoms with Crippen LogP contribution in [-0.2, 0) is 15.8 Å². The molecule has 0 bridgehead atoms. The molecule has 29 heavy (non-hydrogen) atoms. The Hall–Kier alpha value is -1.90. The van der Waals surface area contributed by atoms with Crippen LogP contribution in [0.2, 0.25) is 10.0 Å². The van der Waals surface area contributed by atoms with E-state index in [2.05, 4.69) is 9.26 Å². The molecule has 1 amide bonds. The number of phosphoric acid groups is 1. The number of ether oxygens (including phenoxy) is 1. The number of phosphoric ester groups is 1. The van der Waals surface area contributed by atoms with Gasteiger partial charge in [-0.1, -0.05) is 29.3 Å². The van der Waals surface area contributed by atoms with E-state index in [1.54, 1.807) is 6.07 Å². The number of alkyl halides is 2. The van der Waals surface area contributed by atoms with E-state index < -0.39 is 20.5 Å². The molecule has 156 valence electrons. The van der Waals surface area contributed by atoms with Gasteiger partial charge in [-0.05, 0) is 47.4 Å². The number of amides is 1. The Balaban J connectivity index is 2.05. The fourth-order valence-corrected chi connectivity index (χ4v) is 4.35. The number of benzene rings is 2. The highest BCUT2D eigenvalue weighted by molar-refractivity contribution is 7.46. The van der Waals surface area contributed by atoms with Gasteiger partial charge >= 0.3 is 14.4 Å². The standard InChI is InChI=1S/C17H14Cl2F2NO6P/c18-13-6-10(7-14(19)16(13)28-29(24,25)26)15-12-2-1-11(27-17(20)21)5-9(12)3-4-22(15)8-23/h1-2,5-8,15,17H,3-4H2,(H2,24,25,26)/t15-/m1/s1. The van der Waals surface area contributed by atoms with Crippen LogP contribution in [0, 0.1) is 0 Å². The molecule has 0 saturated heterocycles. The van der Waals surface area contributed by atoms with Gasteiger partial charge in [0.2, 0.25) is 6.41 Å². The van der Waals surface area contributed by atoms with Crippen molar-refractivity contribution in [1.82, 2.24) is 4.90 Å². The summed E-state index contributed by atoms with van der Waals surface area (Å²) in [6.45, 7) is -2.66. The van der Waals surface area contributed by atoms with E-state index in [1.807, 2.05) is 0 Å². The Morgan fingerprint density at radius 2 is 1.86 bits per heavy atom. The van der Waals surface area contributed by atoms with Crippen molar-refractivity contribution in [1.29, 1.82) is 0 Å². The number of nitrogens with zero attached hydrogens (tertiary/aromatic N) is 1. The number of carbonyl (C=O) groups excluding carboxylic acids is 1. The van der Waals surface area contributed by atoms with Crippen molar-refractivity contribution in [3.05, 3.63) is 57.1 Å². The average molecular weight is 468 g/mol. The summed E-state index contributed by atoms with van der Waals surface area (Å²) < 4.78 is 45.0. The molecule has 0 unspecified atom stereocenters. The molecule has 2 N–H and O–H groups in total. The summed E-state index contributed by atoms with van der Waals surface area (Å²) >= 11 is 12.2. The number of rotatable bonds is 6. The minimum absolute atomic E-state index is 0.00138. The second-order valence-corrected chi connectivity index (χ2v) is 8.11. The summed E-state index contributed by atoms with van der Waals surface area (Å²) in [6.07, 6.45) is 1.06. The highest BCUT2D eigenvalue weighted by atomic mass is 35.5. The van der Waals surface area contributed by atoms with E-state index in [0.29, 0.717) is 36.1 Å². The Kier molecular flexibility index (Phi) is 6.36. The van der Waals surface area contributed by atoms with Crippen molar-refractivity contribution in [2.24, 2.45) is 0 Å². The lowest BCUT2D eigenvalue weighted by molar-refractivity contribution is -0.119. The van der Waals surface area contributed by atoms with Crippen molar-refractivity contribution in [2.45, 2.75) is 19.1 Å². The number of hydrogen-bond acceptors (Lipinski definition) is 4. The Bertz CT molecular complexity index is 963. The molecule has 7 nitrogen and oxygen atoms in total. The summed E-state index contributed by atoms with van der Waals surface area (Å²) in [6, 6.07) is 6.51. The molecule has 3 rings (SSSR count). The Morgan fingerprint density at radius 1 is 1.21 bits per heavy atom. The lowest BCUT2D eigenvalue weighted by Crippen LogP contribution is -2.35. The highest BCUT2D eigenvalue weighted by Crippen LogP contribution is 2.47. The summed E-state index contributed by atoms with van der Waals surface area (Å²) in [5, 5.41) is -0.321. The van der Waals surface area contributed by atoms with Gasteiger partial charge < -0.3 is 14.2 Å². The van der Waals surface area contributed by atoms with Crippen LogP contribution in [-0.4, -0.2) is 34.3 Å². The normalized spacial score (nSPS) is 16.5. The molecular weight excluding hydrogens is 454 g/mol. The average Bonchev–Trinajstić information content (AvgIpc) is 2.62. The van der Waals surface area contributed by atoms with Gasteiger partial charge in [-0.15, -0.1) is 0 Å². The molecule has 0 radical (unpaired) electrons. The maximum atomic E-state index is 12.5. The van der Waals surface area contributed by atoms with Crippen LogP contribution >= 0.6 is 31.0 Å². The first-order valence-electron chi connectivity index (χ1n) is 8.12. The van der Waals surface area contributed by atoms with Crippen LogP contribution in [0.4, 0.5) is 8.78 Å². The second-order valence-electron chi connectivity index (χ2n) is 6.13. The van der Waals surface area contributed by atoms with Gasteiger partial charge in [0.15, 0.2) is 5.75 Å². The minimum atomic E-state index is -4.89. The Labute approximate surface area is 174 Å². The van der Waals surface area contributed by atoms with Gasteiger partial charge in [-0.2, -0.15) is 8.78 Å². The predicted octanol–water partition coefficient (Wildman–Crippen LogP) is 4.17. The zero-order valence-electron chi connectivity index (χ0n) is 14.5. The van der Waals surface area contributed by atoms with E-state index in [-0.39, 0.29) is 21.5 Å². The number of carbonyl (C=O) groups is 1. The molecule has 0 aromatic heterocycles. The first kappa shape index (κ1) is 21.8. The summed E-state index contributed by atoms with van der Waals surface area (Å²) in [5.74, 6) is -0.390. The fraction of sp³-hybridized carbons (Fsp3) is 0.235. The molecule has 1 aliphatic rings. The predicted molar refractivity (Wildman–Crippen MR) is 101 cm³/mol. The molecule has 1 heterocycles. The third kappa shape index (κ3) is 4.99. The first-order chi connectivity index (χ1) is 13.6. The quantitative estimate of drug-likeness (QED) is 0.488. The summed E-state index contributed by atoms with van der Waals surface area (Å²) in [4.78, 5) is 31.0. The van der Waals surface area contributed by atoms with Gasteiger partial charge in [0, 0.05) is 6.54 Å². The van der Waals surface area contributed by atoms with E-state index >= 15 is 0 Å². The van der Waals surface area contributed by atoms with Crippen LogP contribution in [0.3, 0.4) is 0 Å². The van der Waals surface area contributed by atoms with Crippen molar-refractivity contribution in [3.63, 3.8) is 0 Å². The van der Waals surface area contributed by atoms with Gasteiger partial charge in [0.05, 0.1) is 16.1 Å². The van der Waals surface area contributed by atoms with Crippen LogP contribution in [0.1, 0.15) is 22.7 Å². The fourth-order valence-electron chi connectivity index (χ4n) is 3.23. The van der Waals surface area contributed by atoms with E-state index in [4.69, 9.17) is 33.0 Å². The monoisotopic (exact) mass is 467 g/mol. The van der Waals surface area contributed by atoms with Gasteiger partial charge in [0.25, 0.3) is 0 Å². The molecule has 0 aliphatic carbocycles. The minimum Gasteiger partial charge on any atom is -0.435 e. The topological polar surface area (TPSA) is 96.3 Å². The van der Waals surface area contributed by atoms with Crippen molar-refractivity contribution in [2.75, 3.05) is 6.54 Å². The smallest absolute Gasteiger partial charge is 0.435 e. The van der Waals surface area contributed by atoms with E-state index in [0.717, 1.165) is 0 Å².